The first-order chi connectivity index (χ1) is 9.25. The lowest BCUT2D eigenvalue weighted by atomic mass is 10.2. The van der Waals surface area contributed by atoms with Gasteiger partial charge in [-0.15, -0.1) is 11.3 Å². The van der Waals surface area contributed by atoms with Crippen molar-refractivity contribution in [2.45, 2.75) is 13.5 Å². The maximum atomic E-state index is 10.7. The Hall–Kier alpha value is -1.65. The third kappa shape index (κ3) is 4.50. The zero-order valence-corrected chi connectivity index (χ0v) is 11.8. The van der Waals surface area contributed by atoms with Gasteiger partial charge in [-0.3, -0.25) is 4.79 Å². The summed E-state index contributed by atoms with van der Waals surface area (Å²) in [6.45, 7) is 3.84. The molecule has 1 aromatic carbocycles. The third-order valence-corrected chi connectivity index (χ3v) is 3.83. The lowest BCUT2D eigenvalue weighted by Gasteiger charge is -2.03. The number of benzene rings is 1. The standard InChI is InChI=1S/C15H18N2OS/c1-12(18)17-10-9-16-11-14-7-8-15(19-14)13-5-3-2-4-6-13/h2-8,16H,9-11H2,1H3,(H,17,18). The fourth-order valence-electron chi connectivity index (χ4n) is 1.77. The molecule has 0 radical (unpaired) electrons. The molecule has 0 aliphatic carbocycles. The smallest absolute Gasteiger partial charge is 0.216 e. The molecule has 4 heteroatoms. The van der Waals surface area contributed by atoms with Crippen LogP contribution in [0.1, 0.15) is 11.8 Å². The van der Waals surface area contributed by atoms with E-state index in [2.05, 4.69) is 47.0 Å². The maximum Gasteiger partial charge on any atom is 0.216 e. The maximum absolute atomic E-state index is 10.7. The van der Waals surface area contributed by atoms with Crippen LogP contribution in [0.3, 0.4) is 0 Å². The zero-order valence-electron chi connectivity index (χ0n) is 11.0. The van der Waals surface area contributed by atoms with Crippen molar-refractivity contribution in [3.8, 4) is 10.4 Å². The van der Waals surface area contributed by atoms with Gasteiger partial charge in [0.2, 0.25) is 5.91 Å². The number of amides is 1. The first-order valence-corrected chi connectivity index (χ1v) is 7.16. The fraction of sp³-hybridized carbons (Fsp3) is 0.267. The van der Waals surface area contributed by atoms with E-state index in [9.17, 15) is 4.79 Å². The molecule has 0 atom stereocenters. The van der Waals surface area contributed by atoms with Crippen LogP contribution in [0.25, 0.3) is 10.4 Å². The van der Waals surface area contributed by atoms with Gasteiger partial charge in [0, 0.05) is 36.3 Å². The lowest BCUT2D eigenvalue weighted by molar-refractivity contribution is -0.118. The van der Waals surface area contributed by atoms with E-state index >= 15 is 0 Å². The minimum Gasteiger partial charge on any atom is -0.355 e. The van der Waals surface area contributed by atoms with Crippen molar-refractivity contribution in [1.29, 1.82) is 0 Å². The van der Waals surface area contributed by atoms with Gasteiger partial charge in [0.15, 0.2) is 0 Å². The lowest BCUT2D eigenvalue weighted by Crippen LogP contribution is -2.29. The average molecular weight is 274 g/mol. The Labute approximate surface area is 117 Å². The summed E-state index contributed by atoms with van der Waals surface area (Å²) in [5, 5.41) is 6.08. The van der Waals surface area contributed by atoms with Crippen LogP contribution < -0.4 is 10.6 Å². The molecule has 3 nitrogen and oxygen atoms in total. The van der Waals surface area contributed by atoms with Crippen molar-refractivity contribution < 1.29 is 4.79 Å². The molecule has 2 N–H and O–H groups in total. The normalized spacial score (nSPS) is 10.4. The molecule has 0 unspecified atom stereocenters. The highest BCUT2D eigenvalue weighted by atomic mass is 32.1. The minimum atomic E-state index is 0.0179. The Balaban J connectivity index is 1.80. The van der Waals surface area contributed by atoms with E-state index in [-0.39, 0.29) is 5.91 Å². The number of rotatable bonds is 6. The van der Waals surface area contributed by atoms with E-state index in [1.165, 1.54) is 22.2 Å². The molecule has 0 saturated heterocycles. The van der Waals surface area contributed by atoms with Gasteiger partial charge in [-0.05, 0) is 17.7 Å². The predicted octanol–water partition coefficient (Wildman–Crippen LogP) is 2.64. The van der Waals surface area contributed by atoms with E-state index in [1.807, 2.05) is 6.07 Å². The van der Waals surface area contributed by atoms with Crippen LogP contribution in [0.15, 0.2) is 42.5 Å². The van der Waals surface area contributed by atoms with Crippen molar-refractivity contribution >= 4 is 17.2 Å². The Bertz CT molecular complexity index is 522. The first kappa shape index (κ1) is 13.8. The molecule has 1 heterocycles. The molecule has 0 spiro atoms. The Morgan fingerprint density at radius 2 is 1.89 bits per heavy atom. The number of nitrogens with one attached hydrogen (secondary N) is 2. The van der Waals surface area contributed by atoms with Gasteiger partial charge < -0.3 is 10.6 Å². The van der Waals surface area contributed by atoms with Crippen LogP contribution in [-0.2, 0) is 11.3 Å². The second kappa shape index (κ2) is 7.07. The molecule has 0 saturated carbocycles. The quantitative estimate of drug-likeness (QED) is 0.795. The van der Waals surface area contributed by atoms with Gasteiger partial charge in [0.05, 0.1) is 0 Å². The predicted molar refractivity (Wildman–Crippen MR) is 80.1 cm³/mol. The topological polar surface area (TPSA) is 41.1 Å². The second-order valence-corrected chi connectivity index (χ2v) is 5.46. The number of carbonyl (C=O) groups is 1. The molecule has 19 heavy (non-hydrogen) atoms. The zero-order chi connectivity index (χ0) is 13.5. The van der Waals surface area contributed by atoms with Crippen LogP contribution in [0.5, 0.6) is 0 Å². The molecular weight excluding hydrogens is 256 g/mol. The summed E-state index contributed by atoms with van der Waals surface area (Å²) in [5.74, 6) is 0.0179. The molecule has 1 aromatic heterocycles. The van der Waals surface area contributed by atoms with Crippen LogP contribution in [0, 0.1) is 0 Å². The Morgan fingerprint density at radius 3 is 2.63 bits per heavy atom. The number of hydrogen-bond donors (Lipinski definition) is 2. The highest BCUT2D eigenvalue weighted by Gasteiger charge is 2.01. The molecule has 0 bridgehead atoms. The highest BCUT2D eigenvalue weighted by Crippen LogP contribution is 2.27. The summed E-state index contributed by atoms with van der Waals surface area (Å²) in [6.07, 6.45) is 0. The van der Waals surface area contributed by atoms with Crippen molar-refractivity contribution in [3.63, 3.8) is 0 Å². The largest absolute Gasteiger partial charge is 0.355 e. The first-order valence-electron chi connectivity index (χ1n) is 6.35. The molecule has 2 rings (SSSR count). The van der Waals surface area contributed by atoms with Crippen molar-refractivity contribution in [3.05, 3.63) is 47.3 Å². The number of carbonyl (C=O) groups excluding carboxylic acids is 1. The summed E-state index contributed by atoms with van der Waals surface area (Å²) in [4.78, 5) is 13.3. The van der Waals surface area contributed by atoms with Gasteiger partial charge in [-0.25, -0.2) is 0 Å². The van der Waals surface area contributed by atoms with Gasteiger partial charge >= 0.3 is 0 Å². The highest BCUT2D eigenvalue weighted by molar-refractivity contribution is 7.15. The summed E-state index contributed by atoms with van der Waals surface area (Å²) in [7, 11) is 0. The summed E-state index contributed by atoms with van der Waals surface area (Å²) in [6, 6.07) is 14.7. The third-order valence-electron chi connectivity index (χ3n) is 2.69. The van der Waals surface area contributed by atoms with Gasteiger partial charge in [-0.1, -0.05) is 30.3 Å². The van der Waals surface area contributed by atoms with Crippen LogP contribution in [0.4, 0.5) is 0 Å². The number of thiophene rings is 1. The SMILES string of the molecule is CC(=O)NCCNCc1ccc(-c2ccccc2)s1. The van der Waals surface area contributed by atoms with E-state index in [4.69, 9.17) is 0 Å². The van der Waals surface area contributed by atoms with E-state index in [0.29, 0.717) is 6.54 Å². The van der Waals surface area contributed by atoms with Crippen molar-refractivity contribution in [2.75, 3.05) is 13.1 Å². The van der Waals surface area contributed by atoms with Gasteiger partial charge in [0.1, 0.15) is 0 Å². The second-order valence-electron chi connectivity index (χ2n) is 4.29. The number of hydrogen-bond acceptors (Lipinski definition) is 3. The molecule has 100 valence electrons. The van der Waals surface area contributed by atoms with Crippen LogP contribution >= 0.6 is 11.3 Å². The summed E-state index contributed by atoms with van der Waals surface area (Å²) >= 11 is 1.80. The van der Waals surface area contributed by atoms with E-state index in [1.54, 1.807) is 11.3 Å². The average Bonchev–Trinajstić information content (AvgIpc) is 2.88. The Morgan fingerprint density at radius 1 is 1.11 bits per heavy atom. The monoisotopic (exact) mass is 274 g/mol. The minimum absolute atomic E-state index is 0.0179. The van der Waals surface area contributed by atoms with E-state index in [0.717, 1.165) is 13.1 Å². The Kier molecular flexibility index (Phi) is 5.12. The summed E-state index contributed by atoms with van der Waals surface area (Å²) in [5.41, 5.74) is 1.26. The molecule has 1 amide bonds. The van der Waals surface area contributed by atoms with Crippen molar-refractivity contribution in [1.82, 2.24) is 10.6 Å². The van der Waals surface area contributed by atoms with E-state index < -0.39 is 0 Å². The molecule has 2 aromatic rings. The van der Waals surface area contributed by atoms with Crippen LogP contribution in [-0.4, -0.2) is 19.0 Å². The van der Waals surface area contributed by atoms with Crippen LogP contribution in [0.2, 0.25) is 0 Å². The molecule has 0 fully saturated rings. The summed E-state index contributed by atoms with van der Waals surface area (Å²) < 4.78 is 0. The fourth-order valence-corrected chi connectivity index (χ4v) is 2.75. The van der Waals surface area contributed by atoms with Gasteiger partial charge in [0.25, 0.3) is 0 Å². The molecular formula is C15H18N2OS. The van der Waals surface area contributed by atoms with Gasteiger partial charge in [-0.2, -0.15) is 0 Å². The molecule has 0 aliphatic rings. The van der Waals surface area contributed by atoms with Crippen molar-refractivity contribution in [2.24, 2.45) is 0 Å². The molecule has 0 aliphatic heterocycles.